The van der Waals surface area contributed by atoms with Crippen molar-refractivity contribution in [3.8, 4) is 6.07 Å². The van der Waals surface area contributed by atoms with Crippen LogP contribution in [0.3, 0.4) is 0 Å². The summed E-state index contributed by atoms with van der Waals surface area (Å²) in [6, 6.07) is 13.3. The van der Waals surface area contributed by atoms with Crippen molar-refractivity contribution in [1.82, 2.24) is 4.98 Å². The quantitative estimate of drug-likeness (QED) is 0.743. The van der Waals surface area contributed by atoms with Crippen LogP contribution in [0.2, 0.25) is 0 Å². The van der Waals surface area contributed by atoms with E-state index in [0.717, 1.165) is 29.6 Å². The lowest BCUT2D eigenvalue weighted by atomic mass is 9.97. The summed E-state index contributed by atoms with van der Waals surface area (Å²) in [5.41, 5.74) is 3.01. The predicted molar refractivity (Wildman–Crippen MR) is 84.1 cm³/mol. The van der Waals surface area contributed by atoms with E-state index in [-0.39, 0.29) is 0 Å². The lowest BCUT2D eigenvalue weighted by molar-refractivity contribution is 0.546. The van der Waals surface area contributed by atoms with Crippen molar-refractivity contribution in [1.29, 1.82) is 5.26 Å². The second-order valence-electron chi connectivity index (χ2n) is 6.11. The van der Waals surface area contributed by atoms with Gasteiger partial charge in [0.2, 0.25) is 0 Å². The van der Waals surface area contributed by atoms with Gasteiger partial charge in [0.25, 0.3) is 0 Å². The molecule has 2 aliphatic rings. The second kappa shape index (κ2) is 4.60. The fourth-order valence-corrected chi connectivity index (χ4v) is 3.84. The van der Waals surface area contributed by atoms with Crippen LogP contribution < -0.4 is 4.90 Å². The molecule has 1 aromatic carbocycles. The molecule has 2 bridgehead atoms. The van der Waals surface area contributed by atoms with Crippen molar-refractivity contribution in [3.05, 3.63) is 48.0 Å². The zero-order chi connectivity index (χ0) is 14.4. The number of piperidine rings is 1. The van der Waals surface area contributed by atoms with Gasteiger partial charge in [-0.15, -0.1) is 0 Å². The molecule has 2 saturated heterocycles. The minimum Gasteiger partial charge on any atom is -0.349 e. The monoisotopic (exact) mass is 275 g/mol. The molecule has 104 valence electrons. The summed E-state index contributed by atoms with van der Waals surface area (Å²) in [6.07, 6.45) is 4.44. The van der Waals surface area contributed by atoms with Crippen LogP contribution >= 0.6 is 0 Å². The van der Waals surface area contributed by atoms with Gasteiger partial charge in [-0.2, -0.15) is 5.26 Å². The second-order valence-corrected chi connectivity index (χ2v) is 6.11. The Morgan fingerprint density at radius 3 is 2.62 bits per heavy atom. The number of fused-ring (bicyclic) bond motifs is 3. The number of hydrogen-bond acceptors (Lipinski definition) is 3. The topological polar surface area (TPSA) is 39.9 Å². The summed E-state index contributed by atoms with van der Waals surface area (Å²) in [4.78, 5) is 7.20. The van der Waals surface area contributed by atoms with Crippen LogP contribution in [0, 0.1) is 11.3 Å². The van der Waals surface area contributed by atoms with Gasteiger partial charge in [0.1, 0.15) is 11.9 Å². The summed E-state index contributed by atoms with van der Waals surface area (Å²) < 4.78 is 0. The van der Waals surface area contributed by atoms with E-state index in [1.165, 1.54) is 18.4 Å². The molecule has 2 unspecified atom stereocenters. The largest absolute Gasteiger partial charge is 0.349 e. The van der Waals surface area contributed by atoms with Crippen molar-refractivity contribution >= 4 is 16.7 Å². The maximum Gasteiger partial charge on any atom is 0.147 e. The molecule has 2 aromatic rings. The Labute approximate surface area is 124 Å². The van der Waals surface area contributed by atoms with Crippen LogP contribution in [0.1, 0.15) is 31.2 Å². The number of nitrogens with zero attached hydrogens (tertiary/aromatic N) is 3. The molecule has 3 nitrogen and oxygen atoms in total. The molecule has 0 aliphatic carbocycles. The summed E-state index contributed by atoms with van der Waals surface area (Å²) >= 11 is 0. The Bertz CT molecular complexity index is 756. The molecule has 0 saturated carbocycles. The molecule has 2 atom stereocenters. The number of nitriles is 1. The van der Waals surface area contributed by atoms with Crippen molar-refractivity contribution < 1.29 is 0 Å². The first-order valence-corrected chi connectivity index (χ1v) is 7.51. The van der Waals surface area contributed by atoms with E-state index < -0.39 is 0 Å². The lowest BCUT2D eigenvalue weighted by Crippen LogP contribution is -2.41. The van der Waals surface area contributed by atoms with Crippen LogP contribution in [-0.4, -0.2) is 17.1 Å². The Kier molecular flexibility index (Phi) is 2.71. The zero-order valence-electron chi connectivity index (χ0n) is 11.9. The van der Waals surface area contributed by atoms with Gasteiger partial charge < -0.3 is 4.90 Å². The third kappa shape index (κ3) is 1.91. The minimum absolute atomic E-state index is 0.469. The maximum absolute atomic E-state index is 9.52. The van der Waals surface area contributed by atoms with E-state index in [1.807, 2.05) is 30.3 Å². The van der Waals surface area contributed by atoms with Crippen LogP contribution in [0.15, 0.2) is 42.5 Å². The van der Waals surface area contributed by atoms with Crippen LogP contribution in [0.4, 0.5) is 5.82 Å². The van der Waals surface area contributed by atoms with Crippen molar-refractivity contribution in [3.63, 3.8) is 0 Å². The Hall–Kier alpha value is -2.34. The fourth-order valence-electron chi connectivity index (χ4n) is 3.84. The first-order valence-electron chi connectivity index (χ1n) is 7.51. The number of pyridine rings is 1. The molecule has 21 heavy (non-hydrogen) atoms. The third-order valence-electron chi connectivity index (χ3n) is 4.74. The summed E-state index contributed by atoms with van der Waals surface area (Å²) in [5, 5.41) is 10.6. The lowest BCUT2D eigenvalue weighted by Gasteiger charge is -2.37. The number of para-hydroxylation sites is 1. The van der Waals surface area contributed by atoms with Gasteiger partial charge in [0, 0.05) is 17.5 Å². The molecular formula is C18H17N3. The predicted octanol–water partition coefficient (Wildman–Crippen LogP) is 3.79. The highest BCUT2D eigenvalue weighted by Gasteiger charge is 2.39. The first-order chi connectivity index (χ1) is 10.3. The van der Waals surface area contributed by atoms with Gasteiger partial charge in [0.15, 0.2) is 0 Å². The molecule has 3 heterocycles. The Balaban J connectivity index is 1.86. The van der Waals surface area contributed by atoms with Crippen LogP contribution in [0.5, 0.6) is 0 Å². The zero-order valence-corrected chi connectivity index (χ0v) is 11.9. The third-order valence-corrected chi connectivity index (χ3v) is 4.74. The summed E-state index contributed by atoms with van der Waals surface area (Å²) in [6.45, 7) is 4.16. The molecule has 0 N–H and O–H groups in total. The number of hydrogen-bond donors (Lipinski definition) is 0. The van der Waals surface area contributed by atoms with Crippen molar-refractivity contribution in [2.45, 2.75) is 37.8 Å². The number of rotatable bonds is 1. The summed E-state index contributed by atoms with van der Waals surface area (Å²) in [7, 11) is 0. The van der Waals surface area contributed by atoms with E-state index >= 15 is 0 Å². The smallest absolute Gasteiger partial charge is 0.147 e. The number of benzene rings is 1. The normalized spacial score (nSPS) is 24.3. The van der Waals surface area contributed by atoms with Crippen molar-refractivity contribution in [2.75, 3.05) is 4.90 Å². The minimum atomic E-state index is 0.469. The summed E-state index contributed by atoms with van der Waals surface area (Å²) in [5.74, 6) is 0.871. The molecule has 1 aromatic heterocycles. The highest BCUT2D eigenvalue weighted by Crippen LogP contribution is 2.41. The Morgan fingerprint density at radius 2 is 1.90 bits per heavy atom. The average Bonchev–Trinajstić information content (AvgIpc) is 2.77. The van der Waals surface area contributed by atoms with Gasteiger partial charge in [0.05, 0.1) is 11.1 Å². The molecule has 2 aliphatic heterocycles. The fraction of sp³-hybridized carbons (Fsp3) is 0.333. The van der Waals surface area contributed by atoms with Crippen molar-refractivity contribution in [2.24, 2.45) is 0 Å². The van der Waals surface area contributed by atoms with E-state index in [1.54, 1.807) is 0 Å². The number of anilines is 1. The van der Waals surface area contributed by atoms with Gasteiger partial charge in [-0.25, -0.2) is 4.98 Å². The standard InChI is InChI=1S/C18H17N3/c1-12-8-15-6-7-16(9-12)21(15)18-14(11-19)10-13-4-2-3-5-17(13)20-18/h2-5,10,15-16H,1,6-9H2. The van der Waals surface area contributed by atoms with E-state index in [2.05, 4.69) is 17.5 Å². The maximum atomic E-state index is 9.52. The molecule has 4 rings (SSSR count). The molecule has 0 radical (unpaired) electrons. The number of aromatic nitrogens is 1. The highest BCUT2D eigenvalue weighted by molar-refractivity contribution is 5.83. The van der Waals surface area contributed by atoms with E-state index in [9.17, 15) is 5.26 Å². The molecular weight excluding hydrogens is 258 g/mol. The molecule has 0 amide bonds. The van der Waals surface area contributed by atoms with Crippen LogP contribution in [-0.2, 0) is 0 Å². The van der Waals surface area contributed by atoms with E-state index in [4.69, 9.17) is 4.98 Å². The van der Waals surface area contributed by atoms with Gasteiger partial charge in [-0.05, 0) is 37.8 Å². The van der Waals surface area contributed by atoms with Crippen LogP contribution in [0.25, 0.3) is 10.9 Å². The molecule has 2 fully saturated rings. The molecule has 3 heteroatoms. The Morgan fingerprint density at radius 1 is 1.19 bits per heavy atom. The highest BCUT2D eigenvalue weighted by atomic mass is 15.3. The molecule has 0 spiro atoms. The van der Waals surface area contributed by atoms with Gasteiger partial charge >= 0.3 is 0 Å². The van der Waals surface area contributed by atoms with Gasteiger partial charge in [-0.3, -0.25) is 0 Å². The average molecular weight is 275 g/mol. The first kappa shape index (κ1) is 12.4. The van der Waals surface area contributed by atoms with E-state index in [0.29, 0.717) is 17.6 Å². The van der Waals surface area contributed by atoms with Gasteiger partial charge in [-0.1, -0.05) is 30.4 Å². The SMILES string of the molecule is C=C1CC2CCC(C1)N2c1nc2ccccc2cc1C#N.